The van der Waals surface area contributed by atoms with Crippen LogP contribution in [0.25, 0.3) is 5.57 Å². The highest BCUT2D eigenvalue weighted by Gasteiger charge is 2.39. The smallest absolute Gasteiger partial charge is 0.305 e. The van der Waals surface area contributed by atoms with Crippen LogP contribution in [-0.2, 0) is 25.2 Å². The topological polar surface area (TPSA) is 52.6 Å². The predicted octanol–water partition coefficient (Wildman–Crippen LogP) is 5.68. The highest BCUT2D eigenvalue weighted by Crippen LogP contribution is 2.61. The van der Waals surface area contributed by atoms with Gasteiger partial charge in [-0.3, -0.25) is 9.36 Å². The maximum atomic E-state index is 13.7. The van der Waals surface area contributed by atoms with Gasteiger partial charge in [-0.15, -0.1) is 0 Å². The molecule has 0 amide bonds. The van der Waals surface area contributed by atoms with Gasteiger partial charge < -0.3 is 9.26 Å². The van der Waals surface area contributed by atoms with Crippen LogP contribution >= 0.6 is 7.37 Å². The molecular weight excluding hydrogens is 371 g/mol. The Morgan fingerprint density at radius 1 is 1.04 bits per heavy atom. The van der Waals surface area contributed by atoms with Gasteiger partial charge in [0, 0.05) is 6.42 Å². The number of ether oxygens (including phenoxy) is 1. The summed E-state index contributed by atoms with van der Waals surface area (Å²) in [4.78, 5) is 11.3. The fraction of sp³-hybridized carbons (Fsp3) is 0.348. The molecule has 148 valence electrons. The highest BCUT2D eigenvalue weighted by molar-refractivity contribution is 7.61. The summed E-state index contributed by atoms with van der Waals surface area (Å²) in [7, 11) is -1.44. The summed E-state index contributed by atoms with van der Waals surface area (Å²) in [6.07, 6.45) is 5.28. The van der Waals surface area contributed by atoms with Crippen molar-refractivity contribution < 1.29 is 18.6 Å². The van der Waals surface area contributed by atoms with Crippen LogP contribution in [0.1, 0.15) is 36.8 Å². The van der Waals surface area contributed by atoms with Crippen molar-refractivity contribution in [3.8, 4) is 0 Å². The zero-order chi connectivity index (χ0) is 19.8. The largest absolute Gasteiger partial charge is 0.469 e. The van der Waals surface area contributed by atoms with E-state index in [4.69, 9.17) is 9.26 Å². The quantitative estimate of drug-likeness (QED) is 0.310. The van der Waals surface area contributed by atoms with Crippen LogP contribution in [0, 0.1) is 0 Å². The molecule has 0 bridgehead atoms. The standard InChI is InChI=1S/C23H27O4P/c1-26-23(24)15-9-8-14-22-16-21(20-12-6-3-7-13-20)18-28(22,25)27-17-19-10-4-2-5-11-19/h2-7,10-13,16,22H,8-9,14-15,17-18H2,1H3/t22-,28?/m1/s1. The summed E-state index contributed by atoms with van der Waals surface area (Å²) < 4.78 is 24.5. The normalized spacial score (nSPS) is 21.3. The van der Waals surface area contributed by atoms with E-state index < -0.39 is 7.37 Å². The minimum atomic E-state index is -2.85. The Kier molecular flexibility index (Phi) is 7.24. The van der Waals surface area contributed by atoms with Crippen LogP contribution in [0.5, 0.6) is 0 Å². The van der Waals surface area contributed by atoms with Gasteiger partial charge in [0.25, 0.3) is 0 Å². The zero-order valence-corrected chi connectivity index (χ0v) is 17.1. The first-order chi connectivity index (χ1) is 13.6. The Bertz CT molecular complexity index is 845. The third-order valence-electron chi connectivity index (χ3n) is 5.09. The summed E-state index contributed by atoms with van der Waals surface area (Å²) >= 11 is 0. The molecule has 2 atom stereocenters. The van der Waals surface area contributed by atoms with Crippen LogP contribution in [-0.4, -0.2) is 24.9 Å². The molecule has 1 aliphatic rings. The molecule has 1 aliphatic heterocycles. The Balaban J connectivity index is 1.69. The van der Waals surface area contributed by atoms with Gasteiger partial charge in [-0.2, -0.15) is 0 Å². The van der Waals surface area contributed by atoms with E-state index in [9.17, 15) is 9.36 Å². The van der Waals surface area contributed by atoms with E-state index in [2.05, 4.69) is 6.08 Å². The molecule has 3 rings (SSSR count). The Morgan fingerprint density at radius 2 is 1.71 bits per heavy atom. The van der Waals surface area contributed by atoms with Crippen LogP contribution in [0.2, 0.25) is 0 Å². The molecule has 0 radical (unpaired) electrons. The van der Waals surface area contributed by atoms with Gasteiger partial charge in [0.2, 0.25) is 7.37 Å². The molecule has 1 unspecified atom stereocenters. The third kappa shape index (κ3) is 5.43. The van der Waals surface area contributed by atoms with Gasteiger partial charge >= 0.3 is 5.97 Å². The van der Waals surface area contributed by atoms with Gasteiger partial charge in [0.05, 0.1) is 25.5 Å². The van der Waals surface area contributed by atoms with Gasteiger partial charge in [0.1, 0.15) is 0 Å². The number of methoxy groups -OCH3 is 1. The van der Waals surface area contributed by atoms with E-state index in [1.165, 1.54) is 7.11 Å². The lowest BCUT2D eigenvalue weighted by Gasteiger charge is -2.21. The van der Waals surface area contributed by atoms with E-state index in [1.807, 2.05) is 60.7 Å². The van der Waals surface area contributed by atoms with Crippen molar-refractivity contribution >= 4 is 18.9 Å². The second kappa shape index (κ2) is 9.86. The average molecular weight is 398 g/mol. The van der Waals surface area contributed by atoms with Crippen molar-refractivity contribution in [1.29, 1.82) is 0 Å². The molecule has 0 aromatic heterocycles. The molecule has 5 heteroatoms. The number of allylic oxidation sites excluding steroid dienone is 2. The summed E-state index contributed by atoms with van der Waals surface area (Å²) in [6, 6.07) is 19.9. The number of carbonyl (C=O) groups excluding carboxylic acids is 1. The molecule has 0 aliphatic carbocycles. The molecule has 28 heavy (non-hydrogen) atoms. The number of esters is 1. The van der Waals surface area contributed by atoms with E-state index in [0.29, 0.717) is 19.2 Å². The zero-order valence-electron chi connectivity index (χ0n) is 16.3. The summed E-state index contributed by atoms with van der Waals surface area (Å²) in [5, 5.41) is 0. The molecular formula is C23H27O4P. The molecule has 2 aromatic carbocycles. The molecule has 2 aromatic rings. The second-order valence-electron chi connectivity index (χ2n) is 7.09. The highest BCUT2D eigenvalue weighted by atomic mass is 31.2. The van der Waals surface area contributed by atoms with Crippen LogP contribution < -0.4 is 0 Å². The number of hydrogen-bond acceptors (Lipinski definition) is 4. The molecule has 0 fully saturated rings. The number of benzene rings is 2. The first kappa shape index (κ1) is 20.6. The Hall–Kier alpha value is -2.16. The fourth-order valence-electron chi connectivity index (χ4n) is 3.50. The van der Waals surface area contributed by atoms with Crippen molar-refractivity contribution in [3.63, 3.8) is 0 Å². The lowest BCUT2D eigenvalue weighted by molar-refractivity contribution is -0.140. The van der Waals surface area contributed by atoms with Crippen molar-refractivity contribution in [3.05, 3.63) is 77.9 Å². The van der Waals surface area contributed by atoms with Crippen LogP contribution in [0.4, 0.5) is 0 Å². The Labute approximate surface area is 167 Å². The van der Waals surface area contributed by atoms with Crippen molar-refractivity contribution in [2.24, 2.45) is 0 Å². The van der Waals surface area contributed by atoms with Gasteiger partial charge in [-0.05, 0) is 29.5 Å². The maximum Gasteiger partial charge on any atom is 0.305 e. The molecule has 4 nitrogen and oxygen atoms in total. The van der Waals surface area contributed by atoms with E-state index in [1.54, 1.807) is 0 Å². The number of rotatable bonds is 9. The minimum absolute atomic E-state index is 0.107. The second-order valence-corrected chi connectivity index (χ2v) is 9.78. The van der Waals surface area contributed by atoms with Crippen LogP contribution in [0.15, 0.2) is 66.7 Å². The molecule has 1 heterocycles. The van der Waals surface area contributed by atoms with Gasteiger partial charge in [0.15, 0.2) is 0 Å². The third-order valence-corrected chi connectivity index (χ3v) is 7.85. The van der Waals surface area contributed by atoms with Crippen molar-refractivity contribution in [1.82, 2.24) is 0 Å². The number of carbonyl (C=O) groups is 1. The first-order valence-electron chi connectivity index (χ1n) is 9.71. The first-order valence-corrected chi connectivity index (χ1v) is 11.6. The minimum Gasteiger partial charge on any atom is -0.469 e. The lowest BCUT2D eigenvalue weighted by Crippen LogP contribution is -2.07. The molecule has 0 saturated carbocycles. The number of unbranched alkanes of at least 4 members (excludes halogenated alkanes) is 1. The van der Waals surface area contributed by atoms with Crippen LogP contribution in [0.3, 0.4) is 0 Å². The summed E-state index contributed by atoms with van der Waals surface area (Å²) in [6.45, 7) is 0.354. The molecule has 0 spiro atoms. The summed E-state index contributed by atoms with van der Waals surface area (Å²) in [5.41, 5.74) is 3.11. The fourth-order valence-corrected chi connectivity index (χ4v) is 6.13. The van der Waals surface area contributed by atoms with Gasteiger partial charge in [-0.25, -0.2) is 0 Å². The van der Waals surface area contributed by atoms with Crippen molar-refractivity contribution in [2.75, 3.05) is 13.3 Å². The predicted molar refractivity (Wildman–Crippen MR) is 112 cm³/mol. The molecule has 0 saturated heterocycles. The monoisotopic (exact) mass is 398 g/mol. The average Bonchev–Trinajstić information content (AvgIpc) is 3.08. The van der Waals surface area contributed by atoms with E-state index >= 15 is 0 Å². The maximum absolute atomic E-state index is 13.7. The lowest BCUT2D eigenvalue weighted by atomic mass is 10.0. The van der Waals surface area contributed by atoms with Gasteiger partial charge in [-0.1, -0.05) is 73.2 Å². The van der Waals surface area contributed by atoms with E-state index in [0.717, 1.165) is 36.0 Å². The molecule has 0 N–H and O–H groups in total. The van der Waals surface area contributed by atoms with E-state index in [-0.39, 0.29) is 11.6 Å². The SMILES string of the molecule is COC(=O)CCCC[C@@H]1C=C(c2ccccc2)CP1(=O)OCc1ccccc1. The number of hydrogen-bond donors (Lipinski definition) is 0. The van der Waals surface area contributed by atoms with Crippen molar-refractivity contribution in [2.45, 2.75) is 37.9 Å². The summed E-state index contributed by atoms with van der Waals surface area (Å²) in [5.74, 6) is -0.199. The Morgan fingerprint density at radius 3 is 2.39 bits per heavy atom.